The number of benzene rings is 1. The third kappa shape index (κ3) is 7.63. The molecule has 0 N–H and O–H groups in total. The van der Waals surface area contributed by atoms with Crippen molar-refractivity contribution in [3.63, 3.8) is 0 Å². The second kappa shape index (κ2) is 13.8. The number of carbonyl (C=O) groups excluding carboxylic acids is 5. The highest BCUT2D eigenvalue weighted by molar-refractivity contribution is 8.14. The lowest BCUT2D eigenvalue weighted by molar-refractivity contribution is -0.237. The lowest BCUT2D eigenvalue weighted by atomic mass is 9.99. The lowest BCUT2D eigenvalue weighted by Crippen LogP contribution is -2.61. The highest BCUT2D eigenvalue weighted by Gasteiger charge is 2.53. The molecular weight excluding hydrogens is 588 g/mol. The molecule has 0 bridgehead atoms. The van der Waals surface area contributed by atoms with Gasteiger partial charge in [-0.3, -0.25) is 28.9 Å². The maximum absolute atomic E-state index is 13.6. The van der Waals surface area contributed by atoms with Gasteiger partial charge in [-0.1, -0.05) is 36.0 Å². The maximum Gasteiger partial charge on any atom is 0.303 e. The normalized spacial score (nSPS) is 24.6. The van der Waals surface area contributed by atoms with Crippen molar-refractivity contribution in [2.24, 2.45) is 4.99 Å². The van der Waals surface area contributed by atoms with E-state index in [1.807, 2.05) is 17.5 Å². The number of thioether (sulfide) groups is 1. The molecule has 12 nitrogen and oxygen atoms in total. The van der Waals surface area contributed by atoms with Gasteiger partial charge in [0.05, 0.1) is 5.69 Å². The molecule has 3 heterocycles. The first-order chi connectivity index (χ1) is 20.0. The maximum atomic E-state index is 13.6. The van der Waals surface area contributed by atoms with E-state index < -0.39 is 59.6 Å². The fourth-order valence-corrected chi connectivity index (χ4v) is 6.12. The van der Waals surface area contributed by atoms with Crippen LogP contribution in [-0.4, -0.2) is 71.4 Å². The first kappa shape index (κ1) is 30.9. The lowest BCUT2D eigenvalue weighted by Gasteiger charge is -2.44. The molecule has 14 heteroatoms. The Labute approximate surface area is 249 Å². The van der Waals surface area contributed by atoms with Crippen LogP contribution in [0, 0.1) is 0 Å². The van der Waals surface area contributed by atoms with Gasteiger partial charge >= 0.3 is 23.9 Å². The number of nitrogens with zero attached hydrogens (tertiary/aromatic N) is 2. The SMILES string of the molecule is CC(=O)OCC1O[C@@H](SC2=NC(=Cc3cccs3)C(=O)N2c2ccccc2)C(OC(C)=O)C(OC(C)=O)C1OC(C)=O. The fourth-order valence-electron chi connectivity index (χ4n) is 4.28. The molecule has 4 rings (SSSR count). The largest absolute Gasteiger partial charge is 0.463 e. The molecule has 5 atom stereocenters. The molecule has 0 saturated carbocycles. The molecule has 2 aliphatic rings. The number of anilines is 1. The van der Waals surface area contributed by atoms with Crippen LogP contribution < -0.4 is 4.90 Å². The van der Waals surface area contributed by atoms with Crippen LogP contribution in [0.15, 0.2) is 58.5 Å². The van der Waals surface area contributed by atoms with Crippen molar-refractivity contribution in [1.29, 1.82) is 0 Å². The predicted octanol–water partition coefficient (Wildman–Crippen LogP) is 3.31. The third-order valence-corrected chi connectivity index (χ3v) is 7.75. The fraction of sp³-hybridized carbons (Fsp3) is 0.357. The van der Waals surface area contributed by atoms with Gasteiger partial charge in [0, 0.05) is 32.6 Å². The number of para-hydroxylation sites is 1. The second-order valence-corrected chi connectivity index (χ2v) is 11.1. The molecular formula is C28H28N2O10S2. The van der Waals surface area contributed by atoms with E-state index in [0.717, 1.165) is 37.4 Å². The number of hydrogen-bond donors (Lipinski definition) is 0. The number of thiophene rings is 1. The predicted molar refractivity (Wildman–Crippen MR) is 153 cm³/mol. The molecule has 2 aliphatic heterocycles. The Balaban J connectivity index is 1.77. The molecule has 1 aromatic carbocycles. The van der Waals surface area contributed by atoms with Crippen LogP contribution in [0.5, 0.6) is 0 Å². The van der Waals surface area contributed by atoms with E-state index in [4.69, 9.17) is 23.7 Å². The molecule has 42 heavy (non-hydrogen) atoms. The van der Waals surface area contributed by atoms with E-state index in [2.05, 4.69) is 4.99 Å². The molecule has 1 amide bonds. The molecule has 0 aliphatic carbocycles. The van der Waals surface area contributed by atoms with Crippen molar-refractivity contribution in [2.45, 2.75) is 57.5 Å². The number of amidine groups is 1. The summed E-state index contributed by atoms with van der Waals surface area (Å²) in [6.07, 6.45) is -3.42. The van der Waals surface area contributed by atoms with Gasteiger partial charge in [0.1, 0.15) is 18.4 Å². The summed E-state index contributed by atoms with van der Waals surface area (Å²) in [7, 11) is 0. The minimum atomic E-state index is -1.34. The summed E-state index contributed by atoms with van der Waals surface area (Å²) in [4.78, 5) is 68.4. The molecule has 1 saturated heterocycles. The molecule has 1 fully saturated rings. The highest BCUT2D eigenvalue weighted by Crippen LogP contribution is 2.38. The van der Waals surface area contributed by atoms with E-state index in [0.29, 0.717) is 5.69 Å². The number of amides is 1. The van der Waals surface area contributed by atoms with E-state index >= 15 is 0 Å². The van der Waals surface area contributed by atoms with Gasteiger partial charge in [-0.15, -0.1) is 11.3 Å². The number of rotatable bonds is 8. The van der Waals surface area contributed by atoms with Crippen LogP contribution in [-0.2, 0) is 47.7 Å². The quantitative estimate of drug-likeness (QED) is 0.244. The first-order valence-corrected chi connectivity index (χ1v) is 14.5. The van der Waals surface area contributed by atoms with E-state index in [9.17, 15) is 24.0 Å². The standard InChI is InChI=1S/C28H28N2O10S2/c1-15(31)36-14-22-23(37-16(2)32)24(38-17(3)33)25(39-18(4)34)27(40-22)42-28-29-21(13-20-11-8-12-41-20)26(35)30(28)19-9-6-5-7-10-19/h5-13,22-25,27H,14H2,1-4H3/t22?,23?,24?,25?,27-/m0/s1. The Kier molecular flexibility index (Phi) is 10.1. The molecule has 0 spiro atoms. The average Bonchev–Trinajstić information content (AvgIpc) is 3.54. The smallest absolute Gasteiger partial charge is 0.303 e. The van der Waals surface area contributed by atoms with E-state index in [-0.39, 0.29) is 17.5 Å². The summed E-state index contributed by atoms with van der Waals surface area (Å²) in [5, 5.41) is 2.06. The highest BCUT2D eigenvalue weighted by atomic mass is 32.2. The van der Waals surface area contributed by atoms with Crippen molar-refractivity contribution in [2.75, 3.05) is 11.5 Å². The average molecular weight is 617 g/mol. The zero-order chi connectivity index (χ0) is 30.4. The summed E-state index contributed by atoms with van der Waals surface area (Å²) in [6.45, 7) is 4.28. The monoisotopic (exact) mass is 616 g/mol. The van der Waals surface area contributed by atoms with Gasteiger partial charge < -0.3 is 23.7 Å². The van der Waals surface area contributed by atoms with Crippen molar-refractivity contribution in [3.8, 4) is 0 Å². The molecule has 1 aromatic heterocycles. The van der Waals surface area contributed by atoms with Crippen LogP contribution in [0.2, 0.25) is 0 Å². The first-order valence-electron chi connectivity index (χ1n) is 12.7. The Morgan fingerprint density at radius 3 is 2.14 bits per heavy atom. The molecule has 222 valence electrons. The Morgan fingerprint density at radius 2 is 1.55 bits per heavy atom. The Hall–Kier alpha value is -4.01. The molecule has 4 unspecified atom stereocenters. The van der Waals surface area contributed by atoms with Gasteiger partial charge in [0.2, 0.25) is 0 Å². The van der Waals surface area contributed by atoms with Gasteiger partial charge in [0.15, 0.2) is 28.9 Å². The van der Waals surface area contributed by atoms with Crippen LogP contribution in [0.4, 0.5) is 5.69 Å². The summed E-state index contributed by atoms with van der Waals surface area (Å²) < 4.78 is 27.9. The molecule has 2 aromatic rings. The summed E-state index contributed by atoms with van der Waals surface area (Å²) in [5.41, 5.74) is -0.465. The van der Waals surface area contributed by atoms with Crippen molar-refractivity contribution < 1.29 is 47.7 Å². The summed E-state index contributed by atoms with van der Waals surface area (Å²) >= 11 is 2.37. The van der Waals surface area contributed by atoms with Gasteiger partial charge in [-0.05, 0) is 29.7 Å². The summed E-state index contributed by atoms with van der Waals surface area (Å²) in [5.74, 6) is -3.23. The number of aliphatic imine (C=N–C) groups is 1. The number of carbonyl (C=O) groups is 5. The number of hydrogen-bond acceptors (Lipinski definition) is 13. The van der Waals surface area contributed by atoms with E-state index in [1.165, 1.54) is 23.2 Å². The van der Waals surface area contributed by atoms with Crippen molar-refractivity contribution in [3.05, 3.63) is 58.4 Å². The van der Waals surface area contributed by atoms with Crippen LogP contribution in [0.3, 0.4) is 0 Å². The van der Waals surface area contributed by atoms with Gasteiger partial charge in [-0.25, -0.2) is 4.99 Å². The second-order valence-electron chi connectivity index (χ2n) is 9.10. The molecule has 0 radical (unpaired) electrons. The topological polar surface area (TPSA) is 147 Å². The number of ether oxygens (including phenoxy) is 5. The zero-order valence-corrected chi connectivity index (χ0v) is 24.7. The Bertz CT molecular complexity index is 1390. The van der Waals surface area contributed by atoms with Crippen LogP contribution in [0.25, 0.3) is 6.08 Å². The van der Waals surface area contributed by atoms with Gasteiger partial charge in [-0.2, -0.15) is 0 Å². The zero-order valence-electron chi connectivity index (χ0n) is 23.1. The third-order valence-electron chi connectivity index (χ3n) is 5.84. The minimum absolute atomic E-state index is 0.162. The van der Waals surface area contributed by atoms with Crippen molar-refractivity contribution >= 4 is 69.8 Å². The van der Waals surface area contributed by atoms with Gasteiger partial charge in [0.25, 0.3) is 5.91 Å². The van der Waals surface area contributed by atoms with Crippen LogP contribution >= 0.6 is 23.1 Å². The Morgan fingerprint density at radius 1 is 0.905 bits per heavy atom. The van der Waals surface area contributed by atoms with Crippen molar-refractivity contribution in [1.82, 2.24) is 0 Å². The minimum Gasteiger partial charge on any atom is -0.463 e. The van der Waals surface area contributed by atoms with Crippen LogP contribution in [0.1, 0.15) is 32.6 Å². The summed E-state index contributed by atoms with van der Waals surface area (Å²) in [6, 6.07) is 12.5. The van der Waals surface area contributed by atoms with E-state index in [1.54, 1.807) is 36.4 Å². The number of esters is 4.